The zero-order chi connectivity index (χ0) is 27.4. The minimum Gasteiger partial charge on any atom is -0.459 e. The number of carbonyl (C=O) groups excluding carboxylic acids is 2. The molecule has 3 aliphatic heterocycles. The summed E-state index contributed by atoms with van der Waals surface area (Å²) in [5.74, 6) is -1.57. The van der Waals surface area contributed by atoms with Gasteiger partial charge in [-0.2, -0.15) is 0 Å². The number of rotatable bonds is 4. The summed E-state index contributed by atoms with van der Waals surface area (Å²) in [6.45, 7) is 3.54. The van der Waals surface area contributed by atoms with Gasteiger partial charge in [0.2, 0.25) is 5.91 Å². The Balaban J connectivity index is 1.42. The Morgan fingerprint density at radius 3 is 2.82 bits per heavy atom. The molecule has 9 nitrogen and oxygen atoms in total. The second kappa shape index (κ2) is 8.33. The number of aromatic nitrogens is 1. The van der Waals surface area contributed by atoms with Crippen LogP contribution in [0.5, 0.6) is 0 Å². The highest BCUT2D eigenvalue weighted by Crippen LogP contribution is 2.49. The highest BCUT2D eigenvalue weighted by atomic mass is 19.1. The molecule has 0 radical (unpaired) electrons. The average molecular weight is 536 g/mol. The minimum absolute atomic E-state index is 0.0192. The van der Waals surface area contributed by atoms with Gasteiger partial charge in [-0.1, -0.05) is 6.92 Å². The number of carbonyl (C=O) groups is 2. The maximum Gasteiger partial charge on any atom is 0.343 e. The molecule has 2 unspecified atom stereocenters. The summed E-state index contributed by atoms with van der Waals surface area (Å²) < 4.78 is 20.2. The Morgan fingerprint density at radius 2 is 2.10 bits per heavy atom. The number of pyridine rings is 1. The summed E-state index contributed by atoms with van der Waals surface area (Å²) in [5, 5.41) is 36.9. The number of hydrogen-bond donors (Lipinski definition) is 4. The van der Waals surface area contributed by atoms with E-state index < -0.39 is 35.9 Å². The van der Waals surface area contributed by atoms with Crippen molar-refractivity contribution in [2.24, 2.45) is 5.92 Å². The van der Waals surface area contributed by atoms with E-state index in [-0.39, 0.29) is 31.3 Å². The van der Waals surface area contributed by atoms with E-state index in [2.05, 4.69) is 5.32 Å². The Kier molecular flexibility index (Phi) is 5.27. The molecule has 39 heavy (non-hydrogen) atoms. The quantitative estimate of drug-likeness (QED) is 0.438. The van der Waals surface area contributed by atoms with Crippen LogP contribution in [0.2, 0.25) is 0 Å². The first-order chi connectivity index (χ1) is 18.6. The molecular formula is C29H30FN3O6. The lowest BCUT2D eigenvalue weighted by Gasteiger charge is -2.40. The molecule has 1 saturated carbocycles. The van der Waals surface area contributed by atoms with E-state index in [4.69, 9.17) is 9.72 Å². The van der Waals surface area contributed by atoms with Crippen molar-refractivity contribution in [3.05, 3.63) is 57.1 Å². The fraction of sp³-hybridized carbons (Fsp3) is 0.483. The number of aliphatic hydroxyl groups is 3. The lowest BCUT2D eigenvalue weighted by Crippen LogP contribution is -2.50. The molecule has 10 heteroatoms. The van der Waals surface area contributed by atoms with Gasteiger partial charge in [0.05, 0.1) is 22.9 Å². The average Bonchev–Trinajstić information content (AvgIpc) is 3.71. The monoisotopic (exact) mass is 535 g/mol. The first kappa shape index (κ1) is 24.7. The van der Waals surface area contributed by atoms with Gasteiger partial charge in [0.1, 0.15) is 18.5 Å². The number of halogens is 1. The van der Waals surface area contributed by atoms with Crippen LogP contribution in [0.3, 0.4) is 0 Å². The van der Waals surface area contributed by atoms with Crippen molar-refractivity contribution < 1.29 is 34.0 Å². The van der Waals surface area contributed by atoms with E-state index in [9.17, 15) is 24.9 Å². The topological polar surface area (TPSA) is 132 Å². The first-order valence-corrected chi connectivity index (χ1v) is 13.6. The SMILES string of the molecule is CC[C@@]1(O)C(=O)OCC2=C1C=C1c3nc4cc(F)c(C)c5c4c(c3CN1C2O)[C@@H](NC(=O)C(O)C1CC1)CC5. The predicted molar refractivity (Wildman–Crippen MR) is 137 cm³/mol. The highest BCUT2D eigenvalue weighted by Gasteiger charge is 2.50. The summed E-state index contributed by atoms with van der Waals surface area (Å²) in [5.41, 5.74) is 3.29. The number of nitrogens with one attached hydrogen (secondary N) is 1. The summed E-state index contributed by atoms with van der Waals surface area (Å²) in [6.07, 6.45) is 2.24. The van der Waals surface area contributed by atoms with E-state index >= 15 is 4.39 Å². The summed E-state index contributed by atoms with van der Waals surface area (Å²) in [4.78, 5) is 32.1. The maximum atomic E-state index is 15.0. The van der Waals surface area contributed by atoms with Crippen LogP contribution in [-0.4, -0.2) is 61.6 Å². The number of benzene rings is 1. The molecule has 1 amide bonds. The van der Waals surface area contributed by atoms with Crippen molar-refractivity contribution in [1.29, 1.82) is 0 Å². The van der Waals surface area contributed by atoms with Crippen molar-refractivity contribution in [1.82, 2.24) is 15.2 Å². The molecule has 1 aromatic carbocycles. The van der Waals surface area contributed by atoms with Crippen LogP contribution in [0.25, 0.3) is 16.6 Å². The predicted octanol–water partition coefficient (Wildman–Crippen LogP) is 2.04. The molecule has 4 N–H and O–H groups in total. The number of aliphatic hydroxyl groups excluding tert-OH is 2. The van der Waals surface area contributed by atoms with Gasteiger partial charge in [-0.25, -0.2) is 14.2 Å². The number of esters is 1. The third kappa shape index (κ3) is 3.38. The van der Waals surface area contributed by atoms with Crippen LogP contribution in [-0.2, 0) is 27.3 Å². The van der Waals surface area contributed by atoms with Gasteiger partial charge in [0.25, 0.3) is 0 Å². The van der Waals surface area contributed by atoms with Gasteiger partial charge in [-0.15, -0.1) is 0 Å². The van der Waals surface area contributed by atoms with E-state index in [1.54, 1.807) is 24.8 Å². The molecule has 7 rings (SSSR count). The zero-order valence-electron chi connectivity index (χ0n) is 21.8. The zero-order valence-corrected chi connectivity index (χ0v) is 21.8. The number of aryl methyl sites for hydroxylation is 1. The van der Waals surface area contributed by atoms with E-state index in [1.165, 1.54) is 6.07 Å². The van der Waals surface area contributed by atoms with Crippen LogP contribution in [0.1, 0.15) is 66.6 Å². The minimum atomic E-state index is -1.90. The van der Waals surface area contributed by atoms with Gasteiger partial charge < -0.3 is 30.3 Å². The van der Waals surface area contributed by atoms with Crippen molar-refractivity contribution in [2.45, 2.75) is 76.5 Å². The van der Waals surface area contributed by atoms with Gasteiger partial charge in [-0.05, 0) is 67.7 Å². The van der Waals surface area contributed by atoms with Crippen LogP contribution < -0.4 is 5.32 Å². The standard InChI is InChI=1S/C29H30FN3O6/c1-3-29(38)17-8-21-24-15(10-33(21)27(36)16(17)11-39-28(29)37)23-19(32-26(35)25(34)13-4-5-13)7-6-14-12(2)18(30)9-20(31-24)22(14)23/h8-9,13,19,25,27,34,36,38H,3-7,10-11H2,1-2H3,(H,32,35)/t19-,25?,27?,29-/m0/s1. The Morgan fingerprint density at radius 1 is 1.33 bits per heavy atom. The smallest absolute Gasteiger partial charge is 0.343 e. The van der Waals surface area contributed by atoms with Crippen molar-refractivity contribution in [3.63, 3.8) is 0 Å². The van der Waals surface area contributed by atoms with Gasteiger partial charge in [-0.3, -0.25) is 4.79 Å². The normalized spacial score (nSPS) is 28.0. The summed E-state index contributed by atoms with van der Waals surface area (Å²) in [6, 6.07) is 0.969. The molecule has 1 aromatic heterocycles. The van der Waals surface area contributed by atoms with Crippen LogP contribution in [0.4, 0.5) is 4.39 Å². The number of nitrogens with zero attached hydrogens (tertiary/aromatic N) is 2. The highest BCUT2D eigenvalue weighted by molar-refractivity contribution is 5.94. The first-order valence-electron chi connectivity index (χ1n) is 13.6. The Labute approximate surface area is 224 Å². The van der Waals surface area contributed by atoms with Crippen LogP contribution >= 0.6 is 0 Å². The third-order valence-corrected chi connectivity index (χ3v) is 9.20. The maximum absolute atomic E-state index is 15.0. The van der Waals surface area contributed by atoms with Crippen molar-refractivity contribution in [2.75, 3.05) is 6.61 Å². The van der Waals surface area contributed by atoms with Crippen molar-refractivity contribution in [3.8, 4) is 0 Å². The van der Waals surface area contributed by atoms with Crippen LogP contribution in [0, 0.1) is 18.7 Å². The van der Waals surface area contributed by atoms with Gasteiger partial charge in [0.15, 0.2) is 11.8 Å². The van der Waals surface area contributed by atoms with Crippen molar-refractivity contribution >= 4 is 28.5 Å². The fourth-order valence-electron chi connectivity index (χ4n) is 6.73. The fourth-order valence-corrected chi connectivity index (χ4v) is 6.73. The molecule has 2 aliphatic carbocycles. The Hall–Kier alpha value is -3.34. The molecule has 0 spiro atoms. The molecule has 5 aliphatic rings. The van der Waals surface area contributed by atoms with E-state index in [0.717, 1.165) is 34.9 Å². The lowest BCUT2D eigenvalue weighted by molar-refractivity contribution is -0.164. The molecule has 0 bridgehead atoms. The number of fused-ring (bicyclic) bond motifs is 4. The number of ether oxygens (including phenoxy) is 1. The molecule has 4 heterocycles. The second-order valence-corrected chi connectivity index (χ2v) is 11.4. The number of cyclic esters (lactones) is 1. The lowest BCUT2D eigenvalue weighted by atomic mass is 9.81. The van der Waals surface area contributed by atoms with Gasteiger partial charge >= 0.3 is 5.97 Å². The number of amides is 1. The van der Waals surface area contributed by atoms with E-state index in [0.29, 0.717) is 46.5 Å². The molecule has 4 atom stereocenters. The molecular weight excluding hydrogens is 505 g/mol. The summed E-state index contributed by atoms with van der Waals surface area (Å²) in [7, 11) is 0. The molecule has 204 valence electrons. The van der Waals surface area contributed by atoms with Crippen LogP contribution in [0.15, 0.2) is 23.3 Å². The van der Waals surface area contributed by atoms with Gasteiger partial charge in [0, 0.05) is 34.7 Å². The summed E-state index contributed by atoms with van der Waals surface area (Å²) >= 11 is 0. The Bertz CT molecular complexity index is 1550. The van der Waals surface area contributed by atoms with E-state index in [1.807, 2.05) is 0 Å². The largest absolute Gasteiger partial charge is 0.459 e. The number of hydrogen-bond acceptors (Lipinski definition) is 8. The molecule has 2 aromatic rings. The molecule has 1 fully saturated rings. The second-order valence-electron chi connectivity index (χ2n) is 11.4. The molecule has 0 saturated heterocycles. The third-order valence-electron chi connectivity index (χ3n) is 9.20.